The van der Waals surface area contributed by atoms with Gasteiger partial charge < -0.3 is 9.32 Å². The lowest BCUT2D eigenvalue weighted by molar-refractivity contribution is 0.544. The van der Waals surface area contributed by atoms with E-state index in [1.54, 1.807) is 6.26 Å². The van der Waals surface area contributed by atoms with E-state index in [1.807, 2.05) is 11.9 Å². The van der Waals surface area contributed by atoms with Crippen LogP contribution in [0.1, 0.15) is 16.8 Å². The van der Waals surface area contributed by atoms with E-state index in [9.17, 15) is 0 Å². The molecule has 0 saturated carbocycles. The highest BCUT2D eigenvalue weighted by atomic mass is 35.5. The number of alkyl halides is 1. The van der Waals surface area contributed by atoms with Gasteiger partial charge in [0.25, 0.3) is 6.01 Å². The summed E-state index contributed by atoms with van der Waals surface area (Å²) in [6.07, 6.45) is 1.59. The average Bonchev–Trinajstić information content (AvgIpc) is 2.77. The second-order valence-electron chi connectivity index (χ2n) is 4.10. The third-order valence-corrected chi connectivity index (χ3v) is 2.78. The van der Waals surface area contributed by atoms with Gasteiger partial charge in [-0.05, 0) is 12.5 Å². The maximum absolute atomic E-state index is 5.68. The lowest BCUT2D eigenvalue weighted by Gasteiger charge is -2.14. The Morgan fingerprint density at radius 2 is 2.24 bits per heavy atom. The van der Waals surface area contributed by atoms with Crippen molar-refractivity contribution in [2.75, 3.05) is 11.9 Å². The van der Waals surface area contributed by atoms with Crippen molar-refractivity contribution in [2.24, 2.45) is 0 Å². The van der Waals surface area contributed by atoms with Gasteiger partial charge in [-0.15, -0.1) is 11.6 Å². The molecule has 0 N–H and O–H groups in total. The fraction of sp³-hybridized carbons (Fsp3) is 0.308. The van der Waals surface area contributed by atoms with Gasteiger partial charge in [-0.2, -0.15) is 4.98 Å². The van der Waals surface area contributed by atoms with Crippen LogP contribution in [0.25, 0.3) is 0 Å². The van der Waals surface area contributed by atoms with Crippen molar-refractivity contribution in [3.05, 3.63) is 47.3 Å². The highest BCUT2D eigenvalue weighted by Gasteiger charge is 2.08. The number of hydrogen-bond acceptors (Lipinski definition) is 3. The van der Waals surface area contributed by atoms with Crippen LogP contribution in [0.5, 0.6) is 0 Å². The zero-order valence-electron chi connectivity index (χ0n) is 9.98. The van der Waals surface area contributed by atoms with Gasteiger partial charge in [0.15, 0.2) is 0 Å². The van der Waals surface area contributed by atoms with E-state index in [0.29, 0.717) is 11.9 Å². The summed E-state index contributed by atoms with van der Waals surface area (Å²) < 4.78 is 5.35. The van der Waals surface area contributed by atoms with E-state index >= 15 is 0 Å². The largest absolute Gasteiger partial charge is 0.432 e. The summed E-state index contributed by atoms with van der Waals surface area (Å²) in [5, 5.41) is 0. The van der Waals surface area contributed by atoms with Gasteiger partial charge in [-0.3, -0.25) is 0 Å². The Bertz CT molecular complexity index is 496. The normalized spacial score (nSPS) is 10.5. The third kappa shape index (κ3) is 3.01. The van der Waals surface area contributed by atoms with Crippen LogP contribution in [0, 0.1) is 6.92 Å². The number of anilines is 1. The summed E-state index contributed by atoms with van der Waals surface area (Å²) in [7, 11) is 1.95. The molecule has 0 spiro atoms. The number of halogens is 1. The molecule has 1 aromatic heterocycles. The fourth-order valence-corrected chi connectivity index (χ4v) is 1.81. The second kappa shape index (κ2) is 5.23. The first-order valence-corrected chi connectivity index (χ1v) is 5.99. The van der Waals surface area contributed by atoms with Crippen molar-refractivity contribution in [3.8, 4) is 0 Å². The molecule has 0 aliphatic heterocycles. The molecule has 0 saturated heterocycles. The van der Waals surface area contributed by atoms with Gasteiger partial charge in [-0.1, -0.05) is 29.8 Å². The molecule has 0 fully saturated rings. The molecule has 0 aliphatic rings. The molecule has 0 unspecified atom stereocenters. The zero-order valence-corrected chi connectivity index (χ0v) is 10.7. The second-order valence-corrected chi connectivity index (χ2v) is 4.37. The molecule has 2 aromatic rings. The van der Waals surface area contributed by atoms with Crippen LogP contribution in [0.2, 0.25) is 0 Å². The topological polar surface area (TPSA) is 29.3 Å². The summed E-state index contributed by atoms with van der Waals surface area (Å²) in [5.41, 5.74) is 3.25. The lowest BCUT2D eigenvalue weighted by atomic mass is 10.1. The summed E-state index contributed by atoms with van der Waals surface area (Å²) in [4.78, 5) is 6.24. The molecule has 1 aromatic carbocycles. The van der Waals surface area contributed by atoms with E-state index in [1.165, 1.54) is 11.1 Å². The SMILES string of the molecule is Cc1cccc(CN(C)c2nc(CCl)co2)c1. The zero-order chi connectivity index (χ0) is 12.3. The van der Waals surface area contributed by atoms with E-state index in [0.717, 1.165) is 12.2 Å². The third-order valence-electron chi connectivity index (χ3n) is 2.51. The number of benzene rings is 1. The minimum Gasteiger partial charge on any atom is -0.432 e. The molecular weight excluding hydrogens is 236 g/mol. The average molecular weight is 251 g/mol. The minimum atomic E-state index is 0.377. The standard InChI is InChI=1S/C13H15ClN2O/c1-10-4-3-5-11(6-10)8-16(2)13-15-12(7-14)9-17-13/h3-6,9H,7-8H2,1-2H3. The van der Waals surface area contributed by atoms with Crippen LogP contribution in [-0.2, 0) is 12.4 Å². The highest BCUT2D eigenvalue weighted by Crippen LogP contribution is 2.16. The smallest absolute Gasteiger partial charge is 0.297 e. The molecule has 0 aliphatic carbocycles. The summed E-state index contributed by atoms with van der Waals surface area (Å²) in [5.74, 6) is 0.377. The van der Waals surface area contributed by atoms with Gasteiger partial charge in [0.1, 0.15) is 6.26 Å². The Kier molecular flexibility index (Phi) is 3.69. The van der Waals surface area contributed by atoms with Crippen LogP contribution in [0.15, 0.2) is 34.9 Å². The summed E-state index contributed by atoms with van der Waals surface area (Å²) >= 11 is 5.68. The van der Waals surface area contributed by atoms with Gasteiger partial charge in [-0.25, -0.2) is 0 Å². The Balaban J connectivity index is 2.08. The molecular formula is C13H15ClN2O. The first-order chi connectivity index (χ1) is 8.19. The molecule has 2 rings (SSSR count). The van der Waals surface area contributed by atoms with E-state index in [-0.39, 0.29) is 0 Å². The van der Waals surface area contributed by atoms with Crippen molar-refractivity contribution < 1.29 is 4.42 Å². The number of rotatable bonds is 4. The van der Waals surface area contributed by atoms with Crippen LogP contribution in [0.4, 0.5) is 6.01 Å². The predicted molar refractivity (Wildman–Crippen MR) is 69.3 cm³/mol. The molecule has 0 radical (unpaired) electrons. The maximum Gasteiger partial charge on any atom is 0.297 e. The van der Waals surface area contributed by atoms with E-state index in [2.05, 4.69) is 36.2 Å². The summed E-state index contributed by atoms with van der Waals surface area (Å²) in [6.45, 7) is 2.85. The maximum atomic E-state index is 5.68. The Morgan fingerprint density at radius 1 is 1.41 bits per heavy atom. The number of nitrogens with zero attached hydrogens (tertiary/aromatic N) is 2. The first-order valence-electron chi connectivity index (χ1n) is 5.46. The Labute approximate surface area is 106 Å². The van der Waals surface area contributed by atoms with Gasteiger partial charge in [0, 0.05) is 13.6 Å². The van der Waals surface area contributed by atoms with Gasteiger partial charge in [0.2, 0.25) is 0 Å². The number of aromatic nitrogens is 1. The van der Waals surface area contributed by atoms with E-state index < -0.39 is 0 Å². The monoisotopic (exact) mass is 250 g/mol. The van der Waals surface area contributed by atoms with Crippen molar-refractivity contribution >= 4 is 17.6 Å². The number of aryl methyl sites for hydroxylation is 1. The molecule has 0 bridgehead atoms. The highest BCUT2D eigenvalue weighted by molar-refractivity contribution is 6.16. The van der Waals surface area contributed by atoms with Crippen molar-refractivity contribution in [2.45, 2.75) is 19.3 Å². The minimum absolute atomic E-state index is 0.377. The Hall–Kier alpha value is -1.48. The van der Waals surface area contributed by atoms with Crippen LogP contribution >= 0.6 is 11.6 Å². The van der Waals surface area contributed by atoms with Crippen molar-refractivity contribution in [1.29, 1.82) is 0 Å². The van der Waals surface area contributed by atoms with Crippen molar-refractivity contribution in [1.82, 2.24) is 4.98 Å². The van der Waals surface area contributed by atoms with E-state index in [4.69, 9.17) is 16.0 Å². The number of hydrogen-bond donors (Lipinski definition) is 0. The van der Waals surface area contributed by atoms with Crippen LogP contribution in [-0.4, -0.2) is 12.0 Å². The van der Waals surface area contributed by atoms with Crippen LogP contribution in [0.3, 0.4) is 0 Å². The molecule has 90 valence electrons. The molecule has 17 heavy (non-hydrogen) atoms. The summed E-state index contributed by atoms with van der Waals surface area (Å²) in [6, 6.07) is 8.98. The lowest BCUT2D eigenvalue weighted by Crippen LogP contribution is -2.16. The fourth-order valence-electron chi connectivity index (χ4n) is 1.68. The molecule has 0 atom stereocenters. The van der Waals surface area contributed by atoms with Crippen molar-refractivity contribution in [3.63, 3.8) is 0 Å². The quantitative estimate of drug-likeness (QED) is 0.780. The molecule has 0 amide bonds. The molecule has 3 nitrogen and oxygen atoms in total. The number of oxazole rings is 1. The van der Waals surface area contributed by atoms with Gasteiger partial charge in [0.05, 0.1) is 11.6 Å². The molecule has 1 heterocycles. The Morgan fingerprint density at radius 3 is 2.88 bits per heavy atom. The predicted octanol–water partition coefficient (Wildman–Crippen LogP) is 3.36. The molecule has 4 heteroatoms. The van der Waals surface area contributed by atoms with Gasteiger partial charge >= 0.3 is 0 Å². The first kappa shape index (κ1) is 12.0. The van der Waals surface area contributed by atoms with Crippen LogP contribution < -0.4 is 4.90 Å².